The maximum Gasteiger partial charge on any atom is 0.324 e. The van der Waals surface area contributed by atoms with Crippen LogP contribution in [-0.4, -0.2) is 38.7 Å². The largest absolute Gasteiger partial charge is 0.456 e. The number of ether oxygens (including phenoxy) is 1. The van der Waals surface area contributed by atoms with Gasteiger partial charge in [-0.1, -0.05) is 18.5 Å². The summed E-state index contributed by atoms with van der Waals surface area (Å²) in [5.41, 5.74) is 0.826. The molecule has 30 heavy (non-hydrogen) atoms. The van der Waals surface area contributed by atoms with E-state index in [-0.39, 0.29) is 16.4 Å². The van der Waals surface area contributed by atoms with Crippen molar-refractivity contribution >= 4 is 45.0 Å². The third-order valence-corrected chi connectivity index (χ3v) is 5.78. The Morgan fingerprint density at radius 3 is 2.20 bits per heavy atom. The highest BCUT2D eigenvalue weighted by molar-refractivity contribution is 7.89. The molecule has 2 rings (SSSR count). The smallest absolute Gasteiger partial charge is 0.324 e. The van der Waals surface area contributed by atoms with Crippen LogP contribution in [0.1, 0.15) is 30.6 Å². The number of halogens is 1. The van der Waals surface area contributed by atoms with Crippen LogP contribution >= 0.6 is 11.6 Å². The lowest BCUT2D eigenvalue weighted by atomic mass is 10.1. The first-order valence-electron chi connectivity index (χ1n) is 9.00. The number of esters is 1. The number of carbonyl (C=O) groups excluding carboxylic acids is 3. The van der Waals surface area contributed by atoms with Crippen molar-refractivity contribution in [2.75, 3.05) is 11.9 Å². The van der Waals surface area contributed by atoms with E-state index in [4.69, 9.17) is 16.3 Å². The van der Waals surface area contributed by atoms with Gasteiger partial charge in [0.05, 0.1) is 4.90 Å². The Labute approximate surface area is 179 Å². The summed E-state index contributed by atoms with van der Waals surface area (Å²) in [6.07, 6.45) is 0.330. The summed E-state index contributed by atoms with van der Waals surface area (Å²) in [7, 11) is -3.96. The maximum absolute atomic E-state index is 12.3. The van der Waals surface area contributed by atoms with Crippen LogP contribution in [0.3, 0.4) is 0 Å². The van der Waals surface area contributed by atoms with Gasteiger partial charge in [0.15, 0.2) is 12.4 Å². The second kappa shape index (κ2) is 10.3. The first-order chi connectivity index (χ1) is 14.1. The first-order valence-corrected chi connectivity index (χ1v) is 10.9. The highest BCUT2D eigenvalue weighted by atomic mass is 35.5. The van der Waals surface area contributed by atoms with Gasteiger partial charge in [-0.2, -0.15) is 4.72 Å². The van der Waals surface area contributed by atoms with Gasteiger partial charge in [-0.3, -0.25) is 14.4 Å². The van der Waals surface area contributed by atoms with Gasteiger partial charge in [-0.15, -0.1) is 0 Å². The van der Waals surface area contributed by atoms with E-state index in [1.54, 1.807) is 19.1 Å². The summed E-state index contributed by atoms with van der Waals surface area (Å²) < 4.78 is 31.7. The van der Waals surface area contributed by atoms with Crippen LogP contribution in [0.2, 0.25) is 5.02 Å². The molecule has 0 aliphatic carbocycles. The fourth-order valence-corrected chi connectivity index (χ4v) is 3.61. The molecule has 2 aromatic rings. The lowest BCUT2D eigenvalue weighted by Gasteiger charge is -2.13. The number of carbonyl (C=O) groups is 3. The molecule has 160 valence electrons. The van der Waals surface area contributed by atoms with Gasteiger partial charge in [0.25, 0.3) is 0 Å². The monoisotopic (exact) mass is 452 g/mol. The van der Waals surface area contributed by atoms with E-state index in [0.29, 0.717) is 17.1 Å². The third-order valence-electron chi connectivity index (χ3n) is 3.97. The zero-order valence-corrected chi connectivity index (χ0v) is 17.9. The van der Waals surface area contributed by atoms with Gasteiger partial charge >= 0.3 is 5.97 Å². The lowest BCUT2D eigenvalue weighted by Crippen LogP contribution is -2.40. The van der Waals surface area contributed by atoms with E-state index in [0.717, 1.165) is 0 Å². The normalized spacial score (nSPS) is 12.1. The van der Waals surface area contributed by atoms with Gasteiger partial charge in [0.1, 0.15) is 6.04 Å². The van der Waals surface area contributed by atoms with Crippen molar-refractivity contribution < 1.29 is 27.5 Å². The van der Waals surface area contributed by atoms with Crippen LogP contribution in [0.25, 0.3) is 0 Å². The minimum Gasteiger partial charge on any atom is -0.456 e. The van der Waals surface area contributed by atoms with Gasteiger partial charge in [0.2, 0.25) is 15.9 Å². The standard InChI is InChI=1S/C20H21ClN2O6S/c1-3-19(25)22-16-8-4-14(5-9-16)18(24)12-29-20(26)13(2)23-30(27,28)17-10-6-15(21)7-11-17/h4-11,13,23H,3,12H2,1-2H3,(H,22,25)/t13-/m0/s1. The number of hydrogen-bond acceptors (Lipinski definition) is 6. The molecular formula is C20H21ClN2O6S. The number of Topliss-reactive ketones (excluding diaryl/α,β-unsaturated/α-hetero) is 1. The van der Waals surface area contributed by atoms with E-state index < -0.39 is 34.4 Å². The molecule has 0 bridgehead atoms. The van der Waals surface area contributed by atoms with Crippen LogP contribution in [0.4, 0.5) is 5.69 Å². The van der Waals surface area contributed by atoms with Gasteiger partial charge in [0, 0.05) is 22.7 Å². The zero-order chi connectivity index (χ0) is 22.3. The van der Waals surface area contributed by atoms with Crippen molar-refractivity contribution in [3.63, 3.8) is 0 Å². The average Bonchev–Trinajstić information content (AvgIpc) is 2.72. The Kier molecular flexibility index (Phi) is 8.10. The Hall–Kier alpha value is -2.75. The summed E-state index contributed by atoms with van der Waals surface area (Å²) in [5.74, 6) is -1.52. The minimum atomic E-state index is -3.96. The number of anilines is 1. The van der Waals surface area contributed by atoms with Crippen molar-refractivity contribution in [3.05, 3.63) is 59.1 Å². The maximum atomic E-state index is 12.3. The number of rotatable bonds is 9. The second-order valence-corrected chi connectivity index (χ2v) is 8.46. The van der Waals surface area contributed by atoms with Crippen molar-refractivity contribution in [1.82, 2.24) is 4.72 Å². The molecule has 2 aromatic carbocycles. The van der Waals surface area contributed by atoms with Crippen LogP contribution in [0, 0.1) is 0 Å². The van der Waals surface area contributed by atoms with E-state index in [1.165, 1.54) is 43.3 Å². The summed E-state index contributed by atoms with van der Waals surface area (Å²) in [5, 5.41) is 3.03. The van der Waals surface area contributed by atoms with Crippen LogP contribution in [0.5, 0.6) is 0 Å². The van der Waals surface area contributed by atoms with Crippen LogP contribution < -0.4 is 10.0 Å². The Morgan fingerprint density at radius 1 is 1.03 bits per heavy atom. The molecule has 0 aliphatic heterocycles. The van der Waals surface area contributed by atoms with Crippen molar-refractivity contribution in [1.29, 1.82) is 0 Å². The quantitative estimate of drug-likeness (QED) is 0.446. The zero-order valence-electron chi connectivity index (χ0n) is 16.3. The number of amides is 1. The van der Waals surface area contributed by atoms with Crippen molar-refractivity contribution in [3.8, 4) is 0 Å². The molecule has 1 atom stereocenters. The molecule has 0 fully saturated rings. The Morgan fingerprint density at radius 2 is 1.63 bits per heavy atom. The highest BCUT2D eigenvalue weighted by Gasteiger charge is 2.24. The molecule has 0 aliphatic rings. The van der Waals surface area contributed by atoms with Gasteiger partial charge in [-0.25, -0.2) is 8.42 Å². The van der Waals surface area contributed by atoms with Gasteiger partial charge in [-0.05, 0) is 55.5 Å². The molecule has 0 saturated heterocycles. The fourth-order valence-electron chi connectivity index (χ4n) is 2.30. The molecule has 10 heteroatoms. The molecular weight excluding hydrogens is 432 g/mol. The summed E-state index contributed by atoms with van der Waals surface area (Å²) in [4.78, 5) is 35.6. The predicted octanol–water partition coefficient (Wildman–Crippen LogP) is 2.78. The van der Waals surface area contributed by atoms with Crippen molar-refractivity contribution in [2.24, 2.45) is 0 Å². The first kappa shape index (κ1) is 23.5. The Bertz CT molecular complexity index is 1020. The Balaban J connectivity index is 1.90. The molecule has 0 spiro atoms. The molecule has 0 aromatic heterocycles. The third kappa shape index (κ3) is 6.65. The average molecular weight is 453 g/mol. The number of nitrogens with one attached hydrogen (secondary N) is 2. The molecule has 2 N–H and O–H groups in total. The highest BCUT2D eigenvalue weighted by Crippen LogP contribution is 2.15. The van der Waals surface area contributed by atoms with E-state index in [1.807, 2.05) is 0 Å². The van der Waals surface area contributed by atoms with Gasteiger partial charge < -0.3 is 10.1 Å². The fraction of sp³-hybridized carbons (Fsp3) is 0.250. The number of sulfonamides is 1. The van der Waals surface area contributed by atoms with E-state index in [9.17, 15) is 22.8 Å². The summed E-state index contributed by atoms with van der Waals surface area (Å²) >= 11 is 5.74. The molecule has 8 nitrogen and oxygen atoms in total. The number of ketones is 1. The predicted molar refractivity (Wildman–Crippen MR) is 112 cm³/mol. The lowest BCUT2D eigenvalue weighted by molar-refractivity contribution is -0.144. The van der Waals surface area contributed by atoms with Crippen LogP contribution in [0.15, 0.2) is 53.4 Å². The van der Waals surface area contributed by atoms with E-state index >= 15 is 0 Å². The van der Waals surface area contributed by atoms with Crippen LogP contribution in [-0.2, 0) is 24.3 Å². The van der Waals surface area contributed by atoms with Crippen molar-refractivity contribution in [2.45, 2.75) is 31.2 Å². The molecule has 1 amide bonds. The molecule has 0 unspecified atom stereocenters. The van der Waals surface area contributed by atoms with E-state index in [2.05, 4.69) is 10.0 Å². The summed E-state index contributed by atoms with van der Waals surface area (Å²) in [6, 6.07) is 10.3. The topological polar surface area (TPSA) is 119 Å². The second-order valence-electron chi connectivity index (χ2n) is 6.31. The SMILES string of the molecule is CCC(=O)Nc1ccc(C(=O)COC(=O)[C@H](C)NS(=O)(=O)c2ccc(Cl)cc2)cc1. The molecule has 0 radical (unpaired) electrons. The number of hydrogen-bond donors (Lipinski definition) is 2. The molecule has 0 heterocycles. The minimum absolute atomic E-state index is 0.0575. The number of benzene rings is 2. The summed E-state index contributed by atoms with van der Waals surface area (Å²) in [6.45, 7) is 2.48. The molecule has 0 saturated carbocycles.